The lowest BCUT2D eigenvalue weighted by Gasteiger charge is -2.13. The van der Waals surface area contributed by atoms with Crippen molar-refractivity contribution in [2.45, 2.75) is 18.9 Å². The number of hydrogen-bond donors (Lipinski definition) is 1. The summed E-state index contributed by atoms with van der Waals surface area (Å²) in [4.78, 5) is 0. The van der Waals surface area contributed by atoms with Crippen molar-refractivity contribution in [2.24, 2.45) is 7.05 Å². The van der Waals surface area contributed by atoms with Crippen LogP contribution in [0, 0.1) is 0 Å². The molecule has 1 aromatic heterocycles. The van der Waals surface area contributed by atoms with Crippen LogP contribution < -0.4 is 5.32 Å². The topological polar surface area (TPSA) is 39.1 Å². The van der Waals surface area contributed by atoms with Crippen molar-refractivity contribution in [1.82, 2.24) is 15.1 Å². The minimum absolute atomic E-state index is 0.385. The van der Waals surface area contributed by atoms with Crippen LogP contribution in [0.1, 0.15) is 12.1 Å². The molecule has 0 aliphatic rings. The highest BCUT2D eigenvalue weighted by molar-refractivity contribution is 5.81. The Balaban J connectivity index is 2.12. The number of nitrogens with one attached hydrogen (secondary N) is 1. The summed E-state index contributed by atoms with van der Waals surface area (Å²) in [6.45, 7) is 0.737. The van der Waals surface area contributed by atoms with Crippen LogP contribution in [-0.4, -0.2) is 36.6 Å². The van der Waals surface area contributed by atoms with Crippen molar-refractivity contribution in [3.8, 4) is 0 Å². The Morgan fingerprint density at radius 2 is 2.17 bits per heavy atom. The maximum atomic E-state index is 5.19. The van der Waals surface area contributed by atoms with Gasteiger partial charge in [-0.3, -0.25) is 4.68 Å². The van der Waals surface area contributed by atoms with E-state index in [-0.39, 0.29) is 0 Å². The number of hydrogen-bond acceptors (Lipinski definition) is 3. The molecule has 0 saturated carbocycles. The molecule has 0 amide bonds. The number of aromatic nitrogens is 2. The number of ether oxygens (including phenoxy) is 1. The van der Waals surface area contributed by atoms with E-state index in [4.69, 9.17) is 4.74 Å². The summed E-state index contributed by atoms with van der Waals surface area (Å²) in [5.41, 5.74) is 2.37. The number of benzene rings is 1. The molecule has 0 fully saturated rings. The fourth-order valence-corrected chi connectivity index (χ4v) is 2.30. The highest BCUT2D eigenvalue weighted by Gasteiger charge is 2.11. The molecule has 1 N–H and O–H groups in total. The summed E-state index contributed by atoms with van der Waals surface area (Å²) in [5.74, 6) is 0. The van der Waals surface area contributed by atoms with Gasteiger partial charge in [0, 0.05) is 25.6 Å². The molecule has 2 aromatic rings. The zero-order valence-corrected chi connectivity index (χ0v) is 11.3. The monoisotopic (exact) mass is 247 g/mol. The molecule has 1 aromatic carbocycles. The Morgan fingerprint density at radius 1 is 1.39 bits per heavy atom. The third-order valence-electron chi connectivity index (χ3n) is 3.34. The molecule has 98 valence electrons. The summed E-state index contributed by atoms with van der Waals surface area (Å²) < 4.78 is 7.14. The Kier molecular flexibility index (Phi) is 4.33. The van der Waals surface area contributed by atoms with Crippen molar-refractivity contribution in [3.63, 3.8) is 0 Å². The molecule has 0 bridgehead atoms. The van der Waals surface area contributed by atoms with E-state index in [1.54, 1.807) is 7.11 Å². The molecular formula is C14H21N3O. The summed E-state index contributed by atoms with van der Waals surface area (Å²) in [5, 5.41) is 9.13. The fraction of sp³-hybridized carbons (Fsp3) is 0.500. The first-order chi connectivity index (χ1) is 8.76. The Hall–Kier alpha value is -1.39. The maximum Gasteiger partial charge on any atom is 0.0703 e. The van der Waals surface area contributed by atoms with Crippen LogP contribution in [0.25, 0.3) is 10.9 Å². The van der Waals surface area contributed by atoms with E-state index in [1.165, 1.54) is 16.6 Å². The van der Waals surface area contributed by atoms with E-state index >= 15 is 0 Å². The molecule has 4 heteroatoms. The molecule has 4 nitrogen and oxygen atoms in total. The van der Waals surface area contributed by atoms with Crippen molar-refractivity contribution in [1.29, 1.82) is 0 Å². The maximum absolute atomic E-state index is 5.19. The number of nitrogens with zero attached hydrogens (tertiary/aromatic N) is 2. The predicted octanol–water partition coefficient (Wildman–Crippen LogP) is 1.74. The van der Waals surface area contributed by atoms with Crippen LogP contribution in [0.2, 0.25) is 0 Å². The van der Waals surface area contributed by atoms with Gasteiger partial charge in [0.15, 0.2) is 0 Å². The van der Waals surface area contributed by atoms with Crippen LogP contribution in [0.5, 0.6) is 0 Å². The molecule has 0 saturated heterocycles. The van der Waals surface area contributed by atoms with Crippen LogP contribution >= 0.6 is 0 Å². The third-order valence-corrected chi connectivity index (χ3v) is 3.34. The zero-order chi connectivity index (χ0) is 13.0. The van der Waals surface area contributed by atoms with Crippen LogP contribution in [0.4, 0.5) is 0 Å². The predicted molar refractivity (Wildman–Crippen MR) is 73.8 cm³/mol. The average molecular weight is 247 g/mol. The molecule has 2 rings (SSSR count). The Bertz CT molecular complexity index is 507. The zero-order valence-electron chi connectivity index (χ0n) is 11.3. The third kappa shape index (κ3) is 2.71. The van der Waals surface area contributed by atoms with Crippen molar-refractivity contribution in [3.05, 3.63) is 30.0 Å². The number of rotatable bonds is 6. The minimum Gasteiger partial charge on any atom is -0.383 e. The van der Waals surface area contributed by atoms with Crippen LogP contribution in [0.15, 0.2) is 24.3 Å². The van der Waals surface area contributed by atoms with E-state index < -0.39 is 0 Å². The first-order valence-electron chi connectivity index (χ1n) is 6.33. The van der Waals surface area contributed by atoms with Gasteiger partial charge in [-0.2, -0.15) is 5.10 Å². The lowest BCUT2D eigenvalue weighted by atomic mass is 10.1. The lowest BCUT2D eigenvalue weighted by Crippen LogP contribution is -2.30. The second-order valence-electron chi connectivity index (χ2n) is 4.57. The van der Waals surface area contributed by atoms with Crippen molar-refractivity contribution in [2.75, 3.05) is 20.8 Å². The van der Waals surface area contributed by atoms with Gasteiger partial charge in [0.25, 0.3) is 0 Å². The molecule has 0 radical (unpaired) electrons. The molecule has 1 unspecified atom stereocenters. The van der Waals surface area contributed by atoms with Crippen LogP contribution in [0.3, 0.4) is 0 Å². The summed E-state index contributed by atoms with van der Waals surface area (Å²) >= 11 is 0. The second-order valence-corrected chi connectivity index (χ2v) is 4.57. The smallest absolute Gasteiger partial charge is 0.0703 e. The normalized spacial score (nSPS) is 13.1. The van der Waals surface area contributed by atoms with Crippen molar-refractivity contribution >= 4 is 10.9 Å². The summed E-state index contributed by atoms with van der Waals surface area (Å²) in [6.07, 6.45) is 2.00. The number of methoxy groups -OCH3 is 1. The van der Waals surface area contributed by atoms with Gasteiger partial charge < -0.3 is 10.1 Å². The van der Waals surface area contributed by atoms with Crippen molar-refractivity contribution < 1.29 is 4.74 Å². The quantitative estimate of drug-likeness (QED) is 0.845. The highest BCUT2D eigenvalue weighted by Crippen LogP contribution is 2.19. The molecular weight excluding hydrogens is 226 g/mol. The largest absolute Gasteiger partial charge is 0.383 e. The lowest BCUT2D eigenvalue weighted by molar-refractivity contribution is 0.166. The first-order valence-corrected chi connectivity index (χ1v) is 6.33. The fourth-order valence-electron chi connectivity index (χ4n) is 2.30. The molecule has 1 heterocycles. The van der Waals surface area contributed by atoms with Gasteiger partial charge in [-0.15, -0.1) is 0 Å². The summed E-state index contributed by atoms with van der Waals surface area (Å²) in [6, 6.07) is 8.75. The van der Waals surface area contributed by atoms with Gasteiger partial charge in [0.05, 0.1) is 17.8 Å². The molecule has 0 spiro atoms. The van der Waals surface area contributed by atoms with E-state index in [9.17, 15) is 0 Å². The molecule has 1 atom stereocenters. The number of likely N-dealkylation sites (N-methyl/N-ethyl adjacent to an activating group) is 1. The van der Waals surface area contributed by atoms with Crippen LogP contribution in [-0.2, 0) is 18.2 Å². The molecule has 18 heavy (non-hydrogen) atoms. The van der Waals surface area contributed by atoms with E-state index in [2.05, 4.69) is 34.7 Å². The van der Waals surface area contributed by atoms with E-state index in [0.29, 0.717) is 6.04 Å². The standard InChI is InChI=1S/C14H21N3O/c1-15-11(10-18-3)8-9-13-12-6-4-5-7-14(12)17(2)16-13/h4-7,11,15H,8-10H2,1-3H3. The second kappa shape index (κ2) is 5.98. The Labute approximate surface area is 108 Å². The van der Waals surface area contributed by atoms with Gasteiger partial charge in [-0.05, 0) is 26.0 Å². The minimum atomic E-state index is 0.385. The molecule has 0 aliphatic heterocycles. The Morgan fingerprint density at radius 3 is 2.89 bits per heavy atom. The summed E-state index contributed by atoms with van der Waals surface area (Å²) in [7, 11) is 5.71. The van der Waals surface area contributed by atoms with Gasteiger partial charge in [-0.25, -0.2) is 0 Å². The molecule has 0 aliphatic carbocycles. The van der Waals surface area contributed by atoms with Gasteiger partial charge in [-0.1, -0.05) is 18.2 Å². The first kappa shape index (κ1) is 13.1. The van der Waals surface area contributed by atoms with E-state index in [1.807, 2.05) is 18.8 Å². The van der Waals surface area contributed by atoms with E-state index in [0.717, 1.165) is 19.4 Å². The van der Waals surface area contributed by atoms with Gasteiger partial charge >= 0.3 is 0 Å². The number of para-hydroxylation sites is 1. The highest BCUT2D eigenvalue weighted by atomic mass is 16.5. The van der Waals surface area contributed by atoms with Gasteiger partial charge in [0.2, 0.25) is 0 Å². The number of aryl methyl sites for hydroxylation is 2. The average Bonchev–Trinajstić information content (AvgIpc) is 2.72. The number of fused-ring (bicyclic) bond motifs is 1. The van der Waals surface area contributed by atoms with Gasteiger partial charge in [0.1, 0.15) is 0 Å². The SMILES string of the molecule is CNC(CCc1nn(C)c2ccccc12)COC.